The van der Waals surface area contributed by atoms with Crippen LogP contribution in [0, 0.1) is 5.82 Å². The quantitative estimate of drug-likeness (QED) is 0.259. The molecule has 13 heteroatoms. The topological polar surface area (TPSA) is 127 Å². The molecule has 0 amide bonds. The minimum Gasteiger partial charge on any atom is -0.378 e. The molecule has 6 heterocycles. The fraction of sp³-hybridized carbons (Fsp3) is 0.320. The van der Waals surface area contributed by atoms with E-state index in [0.717, 1.165) is 67.8 Å². The van der Waals surface area contributed by atoms with Gasteiger partial charge in [0.25, 0.3) is 0 Å². The highest BCUT2D eigenvalue weighted by atomic mass is 32.1. The molecule has 0 spiro atoms. The first-order valence-electron chi connectivity index (χ1n) is 12.6. The summed E-state index contributed by atoms with van der Waals surface area (Å²) >= 11 is 1.62. The molecule has 194 valence electrons. The van der Waals surface area contributed by atoms with Crippen molar-refractivity contribution in [1.29, 1.82) is 0 Å². The molecular formula is C25H26FN11S. The van der Waals surface area contributed by atoms with Crippen molar-refractivity contribution in [3.63, 3.8) is 0 Å². The minimum absolute atomic E-state index is 0.159. The highest BCUT2D eigenvalue weighted by molar-refractivity contribution is 7.13. The molecule has 2 aliphatic heterocycles. The molecule has 0 unspecified atom stereocenters. The average Bonchev–Trinajstić information content (AvgIpc) is 3.73. The van der Waals surface area contributed by atoms with Crippen LogP contribution in [0.4, 0.5) is 32.7 Å². The number of rotatable bonds is 6. The lowest BCUT2D eigenvalue weighted by Crippen LogP contribution is -2.27. The standard InChI is InChI=1S/C25H26FN11S/c26-17-11-15(1-2-18(17)32-16-3-7-37(12-16)25-27-6-10-38-25)33-24-34-22-21(30-14-31-22)23(35-24)36-8-4-19-20(5-9-36)29-13-28-19/h1-2,6,10-11,13-14,16,32H,3-5,7-9,12H2,(H,28,29)(H2,30,31,33,34,35)/t16-/m1/s1. The number of nitrogens with one attached hydrogen (secondary N) is 4. The lowest BCUT2D eigenvalue weighted by Gasteiger charge is -2.22. The molecule has 1 aromatic carbocycles. The number of halogens is 1. The molecule has 38 heavy (non-hydrogen) atoms. The van der Waals surface area contributed by atoms with Crippen LogP contribution in [0.15, 0.2) is 42.4 Å². The van der Waals surface area contributed by atoms with Crippen LogP contribution in [0.3, 0.4) is 0 Å². The van der Waals surface area contributed by atoms with Crippen molar-refractivity contribution in [3.8, 4) is 0 Å². The Morgan fingerprint density at radius 2 is 1.92 bits per heavy atom. The van der Waals surface area contributed by atoms with Crippen molar-refractivity contribution in [3.05, 3.63) is 59.6 Å². The molecule has 1 saturated heterocycles. The van der Waals surface area contributed by atoms with Crippen LogP contribution in [0.25, 0.3) is 11.2 Å². The monoisotopic (exact) mass is 531 g/mol. The van der Waals surface area contributed by atoms with Gasteiger partial charge in [0.2, 0.25) is 5.95 Å². The Bertz CT molecular complexity index is 1540. The Morgan fingerprint density at radius 3 is 2.82 bits per heavy atom. The molecule has 2 aliphatic rings. The first-order valence-corrected chi connectivity index (χ1v) is 13.5. The van der Waals surface area contributed by atoms with E-state index in [0.29, 0.717) is 28.5 Å². The van der Waals surface area contributed by atoms with E-state index in [1.54, 1.807) is 30.1 Å². The van der Waals surface area contributed by atoms with Gasteiger partial charge < -0.3 is 30.4 Å². The number of aromatic nitrogens is 7. The predicted octanol–water partition coefficient (Wildman–Crippen LogP) is 3.71. The van der Waals surface area contributed by atoms with E-state index in [-0.39, 0.29) is 11.9 Å². The van der Waals surface area contributed by atoms with E-state index < -0.39 is 0 Å². The van der Waals surface area contributed by atoms with Gasteiger partial charge in [0.15, 0.2) is 22.1 Å². The number of anilines is 5. The predicted molar refractivity (Wildman–Crippen MR) is 146 cm³/mol. The number of thiazole rings is 1. The van der Waals surface area contributed by atoms with Crippen molar-refractivity contribution in [2.45, 2.75) is 25.3 Å². The first-order chi connectivity index (χ1) is 18.7. The number of hydrogen-bond donors (Lipinski definition) is 4. The zero-order chi connectivity index (χ0) is 25.5. The van der Waals surface area contributed by atoms with Gasteiger partial charge in [0, 0.05) is 68.0 Å². The normalized spacial score (nSPS) is 17.6. The lowest BCUT2D eigenvalue weighted by atomic mass is 10.2. The molecule has 4 aromatic heterocycles. The largest absolute Gasteiger partial charge is 0.378 e. The third-order valence-electron chi connectivity index (χ3n) is 7.08. The van der Waals surface area contributed by atoms with Gasteiger partial charge in [-0.1, -0.05) is 0 Å². The SMILES string of the molecule is Fc1cc(Nc2nc(N3CCc4nc[nH]c4CC3)c3nc[nH]c3n2)ccc1N[C@@H]1CCN(c2nccs2)C1. The summed E-state index contributed by atoms with van der Waals surface area (Å²) < 4.78 is 15.1. The Morgan fingerprint density at radius 1 is 1.00 bits per heavy atom. The molecule has 5 aromatic rings. The molecule has 0 aliphatic carbocycles. The Kier molecular flexibility index (Phi) is 5.76. The Labute approximate surface area is 221 Å². The van der Waals surface area contributed by atoms with E-state index >= 15 is 4.39 Å². The highest BCUT2D eigenvalue weighted by Gasteiger charge is 2.25. The Hall–Kier alpha value is -4.26. The zero-order valence-electron chi connectivity index (χ0n) is 20.5. The number of nitrogens with zero attached hydrogens (tertiary/aromatic N) is 7. The summed E-state index contributed by atoms with van der Waals surface area (Å²) in [6.07, 6.45) is 7.77. The van der Waals surface area contributed by atoms with Gasteiger partial charge in [0.05, 0.1) is 24.0 Å². The lowest BCUT2D eigenvalue weighted by molar-refractivity contribution is 0.627. The van der Waals surface area contributed by atoms with Gasteiger partial charge in [0.1, 0.15) is 5.82 Å². The van der Waals surface area contributed by atoms with Crippen LogP contribution in [0.1, 0.15) is 17.8 Å². The number of benzene rings is 1. The molecule has 0 bridgehead atoms. The third-order valence-corrected chi connectivity index (χ3v) is 7.91. The molecule has 7 rings (SSSR count). The minimum atomic E-state index is -0.327. The zero-order valence-corrected chi connectivity index (χ0v) is 21.3. The smallest absolute Gasteiger partial charge is 0.231 e. The number of H-pyrrole nitrogens is 2. The molecule has 1 atom stereocenters. The van der Waals surface area contributed by atoms with Gasteiger partial charge in [-0.3, -0.25) is 0 Å². The highest BCUT2D eigenvalue weighted by Crippen LogP contribution is 2.29. The van der Waals surface area contributed by atoms with Crippen LogP contribution in [-0.4, -0.2) is 67.1 Å². The van der Waals surface area contributed by atoms with Crippen molar-refractivity contribution in [1.82, 2.24) is 34.9 Å². The van der Waals surface area contributed by atoms with E-state index in [4.69, 9.17) is 4.98 Å². The van der Waals surface area contributed by atoms with Crippen LogP contribution in [-0.2, 0) is 12.8 Å². The maximum Gasteiger partial charge on any atom is 0.231 e. The van der Waals surface area contributed by atoms with Crippen LogP contribution >= 0.6 is 11.3 Å². The molecule has 0 radical (unpaired) electrons. The number of fused-ring (bicyclic) bond motifs is 2. The molecule has 11 nitrogen and oxygen atoms in total. The van der Waals surface area contributed by atoms with Crippen LogP contribution in [0.5, 0.6) is 0 Å². The summed E-state index contributed by atoms with van der Waals surface area (Å²) in [5, 5.41) is 9.51. The molecule has 0 saturated carbocycles. The second kappa shape index (κ2) is 9.56. The summed E-state index contributed by atoms with van der Waals surface area (Å²) in [5.41, 5.74) is 4.65. The summed E-state index contributed by atoms with van der Waals surface area (Å²) in [6.45, 7) is 3.25. The summed E-state index contributed by atoms with van der Waals surface area (Å²) in [6, 6.07) is 5.23. The van der Waals surface area contributed by atoms with E-state index in [9.17, 15) is 0 Å². The number of imidazole rings is 2. The van der Waals surface area contributed by atoms with E-state index in [2.05, 4.69) is 50.3 Å². The van der Waals surface area contributed by atoms with E-state index in [1.165, 1.54) is 6.07 Å². The molecular weight excluding hydrogens is 505 g/mol. The third kappa shape index (κ3) is 4.38. The van der Waals surface area contributed by atoms with Gasteiger partial charge in [-0.2, -0.15) is 9.97 Å². The maximum absolute atomic E-state index is 15.1. The maximum atomic E-state index is 15.1. The fourth-order valence-corrected chi connectivity index (χ4v) is 5.85. The van der Waals surface area contributed by atoms with Gasteiger partial charge >= 0.3 is 0 Å². The number of aromatic amines is 2. The van der Waals surface area contributed by atoms with Crippen LogP contribution in [0.2, 0.25) is 0 Å². The number of hydrogen-bond acceptors (Lipinski definition) is 10. The second-order valence-electron chi connectivity index (χ2n) is 9.50. The van der Waals surface area contributed by atoms with Crippen LogP contribution < -0.4 is 20.4 Å². The molecule has 4 N–H and O–H groups in total. The summed E-state index contributed by atoms with van der Waals surface area (Å²) in [4.78, 5) is 33.4. The van der Waals surface area contributed by atoms with Crippen molar-refractivity contribution < 1.29 is 4.39 Å². The average molecular weight is 532 g/mol. The summed E-state index contributed by atoms with van der Waals surface area (Å²) in [5.74, 6) is 0.799. The van der Waals surface area contributed by atoms with Gasteiger partial charge in [-0.05, 0) is 24.6 Å². The second-order valence-corrected chi connectivity index (χ2v) is 10.4. The van der Waals surface area contributed by atoms with Crippen molar-refractivity contribution in [2.24, 2.45) is 0 Å². The Balaban J connectivity index is 1.07. The van der Waals surface area contributed by atoms with Crippen molar-refractivity contribution >= 4 is 50.8 Å². The van der Waals surface area contributed by atoms with Gasteiger partial charge in [-0.25, -0.2) is 19.3 Å². The summed E-state index contributed by atoms with van der Waals surface area (Å²) in [7, 11) is 0. The molecule has 1 fully saturated rings. The fourth-order valence-electron chi connectivity index (χ4n) is 5.17. The van der Waals surface area contributed by atoms with Gasteiger partial charge in [-0.15, -0.1) is 11.3 Å². The van der Waals surface area contributed by atoms with E-state index in [1.807, 2.05) is 17.6 Å². The van der Waals surface area contributed by atoms with Crippen molar-refractivity contribution in [2.75, 3.05) is 46.6 Å². The first kappa shape index (κ1) is 22.9.